The summed E-state index contributed by atoms with van der Waals surface area (Å²) in [6.07, 6.45) is 1.46. The summed E-state index contributed by atoms with van der Waals surface area (Å²) < 4.78 is 20.2. The lowest BCUT2D eigenvalue weighted by atomic mass is 10.2. The Balaban J connectivity index is 1.47. The molecule has 154 valence electrons. The fourth-order valence-corrected chi connectivity index (χ4v) is 3.99. The highest BCUT2D eigenvalue weighted by Crippen LogP contribution is 2.26. The van der Waals surface area contributed by atoms with Crippen molar-refractivity contribution in [2.75, 3.05) is 0 Å². The van der Waals surface area contributed by atoms with Gasteiger partial charge in [-0.05, 0) is 30.3 Å². The highest BCUT2D eigenvalue weighted by molar-refractivity contribution is 7.98. The Morgan fingerprint density at radius 3 is 2.81 bits per heavy atom. The second-order valence-corrected chi connectivity index (χ2v) is 7.78. The Morgan fingerprint density at radius 2 is 2.00 bits per heavy atom. The normalized spacial score (nSPS) is 11.3. The van der Waals surface area contributed by atoms with E-state index in [2.05, 4.69) is 25.3 Å². The zero-order valence-corrected chi connectivity index (χ0v) is 17.2. The van der Waals surface area contributed by atoms with Crippen LogP contribution >= 0.6 is 23.4 Å². The van der Waals surface area contributed by atoms with Crippen LogP contribution in [0.5, 0.6) is 0 Å². The summed E-state index contributed by atoms with van der Waals surface area (Å²) >= 11 is 7.09. The van der Waals surface area contributed by atoms with Gasteiger partial charge in [0.05, 0.1) is 22.7 Å². The van der Waals surface area contributed by atoms with Crippen LogP contribution in [0.3, 0.4) is 0 Å². The number of fused-ring (bicyclic) bond motifs is 1. The SMILES string of the molecule is O=c1c2cn[nH]c2nc(SCc2nc(-c3ccc(F)c(Cl)c3)no2)n1-c1ccccc1. The van der Waals surface area contributed by atoms with Gasteiger partial charge in [0.1, 0.15) is 11.2 Å². The minimum atomic E-state index is -0.524. The number of para-hydroxylation sites is 1. The maximum Gasteiger partial charge on any atom is 0.269 e. The Bertz CT molecular complexity index is 1450. The second kappa shape index (κ2) is 7.97. The Labute approximate surface area is 183 Å². The molecule has 3 aromatic heterocycles. The lowest BCUT2D eigenvalue weighted by Gasteiger charge is -2.10. The zero-order valence-electron chi connectivity index (χ0n) is 15.6. The van der Waals surface area contributed by atoms with Crippen LogP contribution in [-0.4, -0.2) is 29.9 Å². The van der Waals surface area contributed by atoms with Crippen molar-refractivity contribution in [1.82, 2.24) is 29.9 Å². The van der Waals surface area contributed by atoms with Crippen LogP contribution in [0.15, 0.2) is 69.2 Å². The molecule has 0 saturated carbocycles. The maximum absolute atomic E-state index is 13.4. The predicted molar refractivity (Wildman–Crippen MR) is 114 cm³/mol. The molecule has 2 aromatic carbocycles. The fourth-order valence-electron chi connectivity index (χ4n) is 2.97. The number of nitrogens with one attached hydrogen (secondary N) is 1. The number of benzene rings is 2. The summed E-state index contributed by atoms with van der Waals surface area (Å²) in [7, 11) is 0. The van der Waals surface area contributed by atoms with Gasteiger partial charge in [0.2, 0.25) is 11.7 Å². The molecule has 5 aromatic rings. The van der Waals surface area contributed by atoms with Crippen LogP contribution in [0.2, 0.25) is 5.02 Å². The molecule has 0 bridgehead atoms. The molecule has 5 rings (SSSR count). The molecule has 0 aliphatic carbocycles. The third-order valence-electron chi connectivity index (χ3n) is 4.44. The smallest absolute Gasteiger partial charge is 0.269 e. The van der Waals surface area contributed by atoms with Gasteiger partial charge >= 0.3 is 0 Å². The van der Waals surface area contributed by atoms with E-state index in [9.17, 15) is 9.18 Å². The molecule has 31 heavy (non-hydrogen) atoms. The van der Waals surface area contributed by atoms with Crippen LogP contribution in [0, 0.1) is 5.82 Å². The molecule has 3 heterocycles. The summed E-state index contributed by atoms with van der Waals surface area (Å²) in [6.45, 7) is 0. The van der Waals surface area contributed by atoms with Crippen molar-refractivity contribution in [3.8, 4) is 17.1 Å². The first-order chi connectivity index (χ1) is 15.1. The predicted octanol–water partition coefficient (Wildman–Crippen LogP) is 4.24. The standard InChI is InChI=1S/C20H12ClFN6O2S/c21-14-8-11(6-7-15(14)22)17-24-16(30-27-17)10-31-20-25-18-13(9-23-26-18)19(29)28(20)12-4-2-1-3-5-12/h1-9H,10H2,(H,23,26). The number of hydrogen-bond donors (Lipinski definition) is 1. The molecule has 0 aliphatic heterocycles. The van der Waals surface area contributed by atoms with Gasteiger partial charge < -0.3 is 4.52 Å². The van der Waals surface area contributed by atoms with E-state index >= 15 is 0 Å². The number of aromatic amines is 1. The van der Waals surface area contributed by atoms with Gasteiger partial charge in [0.15, 0.2) is 10.8 Å². The van der Waals surface area contributed by atoms with Crippen molar-refractivity contribution >= 4 is 34.4 Å². The Morgan fingerprint density at radius 1 is 1.16 bits per heavy atom. The molecule has 0 aliphatic rings. The van der Waals surface area contributed by atoms with Crippen molar-refractivity contribution in [3.05, 3.63) is 81.8 Å². The van der Waals surface area contributed by atoms with Gasteiger partial charge in [-0.15, -0.1) is 0 Å². The largest absolute Gasteiger partial charge is 0.338 e. The second-order valence-electron chi connectivity index (χ2n) is 6.43. The third-order valence-corrected chi connectivity index (χ3v) is 5.65. The van der Waals surface area contributed by atoms with E-state index in [1.165, 1.54) is 40.7 Å². The summed E-state index contributed by atoms with van der Waals surface area (Å²) in [6, 6.07) is 13.4. The molecule has 0 atom stereocenters. The van der Waals surface area contributed by atoms with Crippen molar-refractivity contribution in [2.45, 2.75) is 10.9 Å². The molecule has 0 saturated heterocycles. The molecule has 1 N–H and O–H groups in total. The molecular formula is C20H12ClFN6O2S. The van der Waals surface area contributed by atoms with E-state index in [0.717, 1.165) is 0 Å². The van der Waals surface area contributed by atoms with Gasteiger partial charge in [-0.25, -0.2) is 9.37 Å². The minimum absolute atomic E-state index is 0.0258. The van der Waals surface area contributed by atoms with Crippen LogP contribution < -0.4 is 5.56 Å². The number of thioether (sulfide) groups is 1. The first-order valence-electron chi connectivity index (χ1n) is 9.02. The summed E-state index contributed by atoms with van der Waals surface area (Å²) in [4.78, 5) is 21.9. The van der Waals surface area contributed by atoms with Gasteiger partial charge in [-0.3, -0.25) is 14.5 Å². The van der Waals surface area contributed by atoms with E-state index in [1.54, 1.807) is 0 Å². The highest BCUT2D eigenvalue weighted by atomic mass is 35.5. The van der Waals surface area contributed by atoms with Gasteiger partial charge in [-0.1, -0.05) is 46.7 Å². The summed E-state index contributed by atoms with van der Waals surface area (Å²) in [5, 5.41) is 11.4. The molecular weight excluding hydrogens is 443 g/mol. The van der Waals surface area contributed by atoms with Crippen LogP contribution in [-0.2, 0) is 5.75 Å². The Hall–Kier alpha value is -3.50. The molecule has 0 amide bonds. The van der Waals surface area contributed by atoms with Gasteiger partial charge in [-0.2, -0.15) is 10.1 Å². The van der Waals surface area contributed by atoms with Crippen LogP contribution in [0.1, 0.15) is 5.89 Å². The van der Waals surface area contributed by atoms with Gasteiger partial charge in [0.25, 0.3) is 5.56 Å². The molecule has 0 unspecified atom stereocenters. The first-order valence-corrected chi connectivity index (χ1v) is 10.4. The van der Waals surface area contributed by atoms with Crippen molar-refractivity contribution in [1.29, 1.82) is 0 Å². The van der Waals surface area contributed by atoms with E-state index in [-0.39, 0.29) is 22.2 Å². The van der Waals surface area contributed by atoms with Crippen molar-refractivity contribution in [2.24, 2.45) is 0 Å². The van der Waals surface area contributed by atoms with E-state index < -0.39 is 5.82 Å². The number of nitrogens with zero attached hydrogens (tertiary/aromatic N) is 5. The molecule has 0 spiro atoms. The third kappa shape index (κ3) is 3.71. The number of hydrogen-bond acceptors (Lipinski definition) is 7. The quantitative estimate of drug-likeness (QED) is 0.313. The Kier molecular flexibility index (Phi) is 5.00. The molecule has 0 fully saturated rings. The first kappa shape index (κ1) is 19.5. The molecule has 11 heteroatoms. The lowest BCUT2D eigenvalue weighted by Crippen LogP contribution is -2.21. The number of H-pyrrole nitrogens is 1. The number of aromatic nitrogens is 6. The molecule has 0 radical (unpaired) electrons. The molecule has 8 nitrogen and oxygen atoms in total. The minimum Gasteiger partial charge on any atom is -0.338 e. The summed E-state index contributed by atoms with van der Waals surface area (Å²) in [5.74, 6) is 0.346. The zero-order chi connectivity index (χ0) is 21.4. The van der Waals surface area contributed by atoms with Crippen molar-refractivity contribution in [3.63, 3.8) is 0 Å². The number of rotatable bonds is 5. The van der Waals surface area contributed by atoms with Gasteiger partial charge in [0, 0.05) is 5.56 Å². The van der Waals surface area contributed by atoms with E-state index in [0.29, 0.717) is 33.3 Å². The van der Waals surface area contributed by atoms with Crippen LogP contribution in [0.4, 0.5) is 4.39 Å². The topological polar surface area (TPSA) is 102 Å². The number of halogens is 2. The van der Waals surface area contributed by atoms with Crippen molar-refractivity contribution < 1.29 is 8.91 Å². The van der Waals surface area contributed by atoms with Crippen LogP contribution in [0.25, 0.3) is 28.1 Å². The highest BCUT2D eigenvalue weighted by Gasteiger charge is 2.17. The maximum atomic E-state index is 13.4. The van der Waals surface area contributed by atoms with E-state index in [1.807, 2.05) is 30.3 Å². The fraction of sp³-hybridized carbons (Fsp3) is 0.0500. The average Bonchev–Trinajstić information content (AvgIpc) is 3.45. The van der Waals surface area contributed by atoms with E-state index in [4.69, 9.17) is 16.1 Å². The average molecular weight is 455 g/mol. The monoisotopic (exact) mass is 454 g/mol. The lowest BCUT2D eigenvalue weighted by molar-refractivity contribution is 0.391. The summed E-state index contributed by atoms with van der Waals surface area (Å²) in [5.41, 5.74) is 1.37.